The zero-order chi connectivity index (χ0) is 14.3. The molecule has 2 fully saturated rings. The molecule has 1 saturated carbocycles. The van der Waals surface area contributed by atoms with Crippen LogP contribution >= 0.6 is 15.9 Å². The van der Waals surface area contributed by atoms with Gasteiger partial charge in [0.05, 0.1) is 16.2 Å². The van der Waals surface area contributed by atoms with E-state index in [1.165, 1.54) is 0 Å². The first kappa shape index (κ1) is 13.9. The maximum Gasteiger partial charge on any atom is 0.241 e. The minimum absolute atomic E-state index is 0.0443. The largest absolute Gasteiger partial charge is 0.322 e. The van der Waals surface area contributed by atoms with E-state index in [2.05, 4.69) is 26.6 Å². The molecule has 0 spiro atoms. The summed E-state index contributed by atoms with van der Waals surface area (Å²) in [5, 5.41) is 5.68. The maximum absolute atomic E-state index is 13.7. The number of rotatable bonds is 2. The Labute approximate surface area is 124 Å². The van der Waals surface area contributed by atoms with Gasteiger partial charge in [-0.1, -0.05) is 6.42 Å². The van der Waals surface area contributed by atoms with Crippen LogP contribution in [0.3, 0.4) is 0 Å². The van der Waals surface area contributed by atoms with E-state index >= 15 is 0 Å². The summed E-state index contributed by atoms with van der Waals surface area (Å²) in [6, 6.07) is 1.72. The van der Waals surface area contributed by atoms with Crippen molar-refractivity contribution in [1.82, 2.24) is 5.32 Å². The predicted molar refractivity (Wildman–Crippen MR) is 75.3 cm³/mol. The molecule has 0 bridgehead atoms. The molecule has 2 N–H and O–H groups in total. The Morgan fingerprint density at radius 1 is 1.30 bits per heavy atom. The predicted octanol–water partition coefficient (Wildman–Crippen LogP) is 3.05. The summed E-state index contributed by atoms with van der Waals surface area (Å²) >= 11 is 2.91. The topological polar surface area (TPSA) is 41.1 Å². The Morgan fingerprint density at radius 2 is 2.10 bits per heavy atom. The molecule has 3 rings (SSSR count). The van der Waals surface area contributed by atoms with Crippen LogP contribution in [-0.4, -0.2) is 18.5 Å². The van der Waals surface area contributed by atoms with Gasteiger partial charge in [-0.25, -0.2) is 8.78 Å². The van der Waals surface area contributed by atoms with Gasteiger partial charge in [0, 0.05) is 6.07 Å². The SMILES string of the molecule is O=C(Nc1cc(F)c(Br)cc1F)C1NCC2CCCC21. The third kappa shape index (κ3) is 2.46. The number of amides is 1. The molecule has 108 valence electrons. The molecule has 0 aromatic heterocycles. The van der Waals surface area contributed by atoms with Crippen LogP contribution < -0.4 is 10.6 Å². The zero-order valence-corrected chi connectivity index (χ0v) is 12.3. The van der Waals surface area contributed by atoms with E-state index in [4.69, 9.17) is 0 Å². The molecular formula is C14H15BrF2N2O. The van der Waals surface area contributed by atoms with E-state index in [1.807, 2.05) is 0 Å². The van der Waals surface area contributed by atoms with Gasteiger partial charge < -0.3 is 10.6 Å². The van der Waals surface area contributed by atoms with E-state index < -0.39 is 11.6 Å². The summed E-state index contributed by atoms with van der Waals surface area (Å²) in [5.41, 5.74) is -0.112. The number of benzene rings is 1. The molecule has 1 saturated heterocycles. The molecule has 2 aliphatic rings. The molecule has 1 heterocycles. The molecule has 1 aliphatic carbocycles. The second-order valence-corrected chi connectivity index (χ2v) is 6.33. The molecule has 1 aromatic rings. The molecule has 0 radical (unpaired) electrons. The maximum atomic E-state index is 13.7. The van der Waals surface area contributed by atoms with Crippen molar-refractivity contribution in [2.75, 3.05) is 11.9 Å². The van der Waals surface area contributed by atoms with E-state index in [0.717, 1.165) is 37.9 Å². The van der Waals surface area contributed by atoms with Gasteiger partial charge in [0.1, 0.15) is 11.6 Å². The highest BCUT2D eigenvalue weighted by atomic mass is 79.9. The lowest BCUT2D eigenvalue weighted by molar-refractivity contribution is -0.118. The molecule has 1 aliphatic heterocycles. The van der Waals surface area contributed by atoms with Crippen molar-refractivity contribution in [2.45, 2.75) is 25.3 Å². The average Bonchev–Trinajstić information content (AvgIpc) is 2.97. The normalized spacial score (nSPS) is 28.4. The first-order valence-electron chi connectivity index (χ1n) is 6.75. The number of fused-ring (bicyclic) bond motifs is 1. The Bertz CT molecular complexity index is 552. The third-order valence-electron chi connectivity index (χ3n) is 4.30. The van der Waals surface area contributed by atoms with Gasteiger partial charge in [-0.15, -0.1) is 0 Å². The molecule has 1 aromatic carbocycles. The highest BCUT2D eigenvalue weighted by Gasteiger charge is 2.42. The number of anilines is 1. The molecule has 3 unspecified atom stereocenters. The number of halogens is 3. The van der Waals surface area contributed by atoms with Crippen molar-refractivity contribution < 1.29 is 13.6 Å². The van der Waals surface area contributed by atoms with Crippen molar-refractivity contribution in [3.05, 3.63) is 28.2 Å². The summed E-state index contributed by atoms with van der Waals surface area (Å²) in [5.74, 6) is -0.664. The molecule has 1 amide bonds. The first-order chi connectivity index (χ1) is 9.56. The fraction of sp³-hybridized carbons (Fsp3) is 0.500. The lowest BCUT2D eigenvalue weighted by Crippen LogP contribution is -2.39. The van der Waals surface area contributed by atoms with Gasteiger partial charge in [0.25, 0.3) is 0 Å². The summed E-state index contributed by atoms with van der Waals surface area (Å²) in [6.07, 6.45) is 3.30. The molecule has 3 nitrogen and oxygen atoms in total. The highest BCUT2D eigenvalue weighted by Crippen LogP contribution is 2.38. The fourth-order valence-corrected chi connectivity index (χ4v) is 3.62. The molecule has 3 atom stereocenters. The molecule has 6 heteroatoms. The number of hydrogen-bond acceptors (Lipinski definition) is 2. The van der Waals surface area contributed by atoms with Crippen LogP contribution in [0.25, 0.3) is 0 Å². The number of carbonyl (C=O) groups is 1. The second kappa shape index (κ2) is 5.41. The van der Waals surface area contributed by atoms with Gasteiger partial charge in [-0.3, -0.25) is 4.79 Å². The van der Waals surface area contributed by atoms with Crippen LogP contribution in [0.1, 0.15) is 19.3 Å². The first-order valence-corrected chi connectivity index (χ1v) is 7.54. The Morgan fingerprint density at radius 3 is 2.90 bits per heavy atom. The number of hydrogen-bond donors (Lipinski definition) is 2. The lowest BCUT2D eigenvalue weighted by atomic mass is 9.93. The highest BCUT2D eigenvalue weighted by molar-refractivity contribution is 9.10. The number of nitrogens with one attached hydrogen (secondary N) is 2. The van der Waals surface area contributed by atoms with E-state index in [0.29, 0.717) is 11.8 Å². The lowest BCUT2D eigenvalue weighted by Gasteiger charge is -2.18. The second-order valence-electron chi connectivity index (χ2n) is 5.48. The summed E-state index contributed by atoms with van der Waals surface area (Å²) < 4.78 is 27.2. The van der Waals surface area contributed by atoms with Crippen LogP contribution in [0, 0.1) is 23.5 Å². The van der Waals surface area contributed by atoms with Crippen LogP contribution in [0.2, 0.25) is 0 Å². The van der Waals surface area contributed by atoms with Crippen molar-refractivity contribution in [2.24, 2.45) is 11.8 Å². The van der Waals surface area contributed by atoms with Crippen LogP contribution in [-0.2, 0) is 4.79 Å². The van der Waals surface area contributed by atoms with Gasteiger partial charge in [0.2, 0.25) is 5.91 Å². The monoisotopic (exact) mass is 344 g/mol. The zero-order valence-electron chi connectivity index (χ0n) is 10.8. The molecule has 20 heavy (non-hydrogen) atoms. The van der Waals surface area contributed by atoms with Gasteiger partial charge in [-0.2, -0.15) is 0 Å². The van der Waals surface area contributed by atoms with Gasteiger partial charge in [-0.05, 0) is 53.2 Å². The van der Waals surface area contributed by atoms with E-state index in [-0.39, 0.29) is 22.1 Å². The summed E-state index contributed by atoms with van der Waals surface area (Å²) in [7, 11) is 0. The van der Waals surface area contributed by atoms with Crippen molar-refractivity contribution >= 4 is 27.5 Å². The van der Waals surface area contributed by atoms with Crippen molar-refractivity contribution in [1.29, 1.82) is 0 Å². The fourth-order valence-electron chi connectivity index (χ4n) is 3.30. The van der Waals surface area contributed by atoms with Crippen molar-refractivity contribution in [3.63, 3.8) is 0 Å². The Balaban J connectivity index is 1.75. The van der Waals surface area contributed by atoms with Gasteiger partial charge >= 0.3 is 0 Å². The number of carbonyl (C=O) groups excluding carboxylic acids is 1. The van der Waals surface area contributed by atoms with Crippen LogP contribution in [0.5, 0.6) is 0 Å². The van der Waals surface area contributed by atoms with Crippen LogP contribution in [0.15, 0.2) is 16.6 Å². The molecular weight excluding hydrogens is 330 g/mol. The summed E-state index contributed by atoms with van der Waals surface area (Å²) in [4.78, 5) is 12.2. The average molecular weight is 345 g/mol. The minimum atomic E-state index is -0.646. The van der Waals surface area contributed by atoms with Crippen LogP contribution in [0.4, 0.5) is 14.5 Å². The smallest absolute Gasteiger partial charge is 0.241 e. The quantitative estimate of drug-likeness (QED) is 0.809. The summed E-state index contributed by atoms with van der Waals surface area (Å²) in [6.45, 7) is 0.833. The van der Waals surface area contributed by atoms with E-state index in [9.17, 15) is 13.6 Å². The minimum Gasteiger partial charge on any atom is -0.322 e. The Hall–Kier alpha value is -1.01. The Kier molecular flexibility index (Phi) is 3.77. The standard InChI is InChI=1S/C14H15BrF2N2O/c15-9-4-11(17)12(5-10(9)16)19-14(20)13-8-3-1-2-7(8)6-18-13/h4-5,7-8,13,18H,1-3,6H2,(H,19,20). The third-order valence-corrected chi connectivity index (χ3v) is 4.90. The van der Waals surface area contributed by atoms with Crippen molar-refractivity contribution in [3.8, 4) is 0 Å². The van der Waals surface area contributed by atoms with Gasteiger partial charge in [0.15, 0.2) is 0 Å². The van der Waals surface area contributed by atoms with E-state index in [1.54, 1.807) is 0 Å².